The molecule has 0 bridgehead atoms. The second-order valence-electron chi connectivity index (χ2n) is 5.32. The lowest BCUT2D eigenvalue weighted by Crippen LogP contribution is -2.28. The first-order valence-electron chi connectivity index (χ1n) is 5.56. The summed E-state index contributed by atoms with van der Waals surface area (Å²) in [5.41, 5.74) is 5.98. The van der Waals surface area contributed by atoms with Crippen LogP contribution in [0.2, 0.25) is 0 Å². The van der Waals surface area contributed by atoms with Gasteiger partial charge >= 0.3 is 0 Å². The Morgan fingerprint density at radius 1 is 1.59 bits per heavy atom. The van der Waals surface area contributed by atoms with Crippen LogP contribution in [0, 0.1) is 5.41 Å². The van der Waals surface area contributed by atoms with Crippen molar-refractivity contribution in [3.63, 3.8) is 0 Å². The Bertz CT molecular complexity index is 452. The molecule has 1 heterocycles. The number of nitrogen functional groups attached to an aromatic ring is 1. The van der Waals surface area contributed by atoms with Crippen LogP contribution in [0.4, 0.5) is 10.9 Å². The minimum absolute atomic E-state index is 0.108. The van der Waals surface area contributed by atoms with Crippen LogP contribution in [-0.4, -0.2) is 31.0 Å². The van der Waals surface area contributed by atoms with Crippen molar-refractivity contribution < 1.29 is 4.79 Å². The molecule has 1 atom stereocenters. The van der Waals surface area contributed by atoms with Gasteiger partial charge in [-0.3, -0.25) is 4.79 Å². The molecular weight excluding hydrogens is 236 g/mol. The van der Waals surface area contributed by atoms with E-state index < -0.39 is 0 Å². The van der Waals surface area contributed by atoms with E-state index in [0.717, 1.165) is 11.6 Å². The van der Waals surface area contributed by atoms with Crippen molar-refractivity contribution in [2.45, 2.75) is 26.3 Å². The molecule has 3 N–H and O–H groups in total. The van der Waals surface area contributed by atoms with E-state index in [0.29, 0.717) is 10.7 Å². The minimum atomic E-state index is -0.108. The molecule has 2 rings (SSSR count). The lowest BCUT2D eigenvalue weighted by Gasteiger charge is -2.06. The fraction of sp³-hybridized carbons (Fsp3) is 0.636. The van der Waals surface area contributed by atoms with Gasteiger partial charge in [-0.25, -0.2) is 4.98 Å². The highest BCUT2D eigenvalue weighted by Crippen LogP contribution is 2.44. The van der Waals surface area contributed by atoms with Crippen LogP contribution < -0.4 is 16.0 Å². The van der Waals surface area contributed by atoms with Crippen molar-refractivity contribution >= 4 is 28.2 Å². The summed E-state index contributed by atoms with van der Waals surface area (Å²) < 4.78 is 0. The van der Waals surface area contributed by atoms with Crippen LogP contribution in [0.25, 0.3) is 0 Å². The second-order valence-corrected chi connectivity index (χ2v) is 6.30. The predicted octanol–water partition coefficient (Wildman–Crippen LogP) is 1.32. The van der Waals surface area contributed by atoms with E-state index in [-0.39, 0.29) is 17.4 Å². The maximum Gasteiger partial charge on any atom is 0.265 e. The minimum Gasteiger partial charge on any atom is -0.382 e. The van der Waals surface area contributed by atoms with Gasteiger partial charge in [0.15, 0.2) is 5.13 Å². The average Bonchev–Trinajstić information content (AvgIpc) is 2.64. The third-order valence-corrected chi connectivity index (χ3v) is 4.29. The molecule has 1 aliphatic carbocycles. The van der Waals surface area contributed by atoms with E-state index in [9.17, 15) is 4.79 Å². The first-order valence-corrected chi connectivity index (χ1v) is 6.37. The molecule has 1 saturated carbocycles. The fourth-order valence-corrected chi connectivity index (χ4v) is 2.42. The molecule has 5 nitrogen and oxygen atoms in total. The monoisotopic (exact) mass is 254 g/mol. The first kappa shape index (κ1) is 12.2. The number of rotatable bonds is 3. The maximum atomic E-state index is 12.0. The molecule has 0 aromatic carbocycles. The number of nitrogens with two attached hydrogens (primary N) is 1. The number of carbonyl (C=O) groups is 1. The lowest BCUT2D eigenvalue weighted by atomic mass is 10.2. The van der Waals surface area contributed by atoms with E-state index in [1.807, 2.05) is 19.0 Å². The van der Waals surface area contributed by atoms with E-state index in [2.05, 4.69) is 24.1 Å². The van der Waals surface area contributed by atoms with Crippen LogP contribution in [0.15, 0.2) is 0 Å². The number of anilines is 2. The number of amides is 1. The van der Waals surface area contributed by atoms with E-state index in [1.165, 1.54) is 11.3 Å². The van der Waals surface area contributed by atoms with Crippen molar-refractivity contribution in [2.75, 3.05) is 24.7 Å². The number of thiazole rings is 1. The molecule has 6 heteroatoms. The van der Waals surface area contributed by atoms with Crippen molar-refractivity contribution in [1.82, 2.24) is 10.3 Å². The van der Waals surface area contributed by atoms with Gasteiger partial charge in [-0.05, 0) is 11.8 Å². The summed E-state index contributed by atoms with van der Waals surface area (Å²) in [6.07, 6.45) is 1.03. The summed E-state index contributed by atoms with van der Waals surface area (Å²) in [5.74, 6) is 0.207. The number of nitrogens with zero attached hydrogens (tertiary/aromatic N) is 2. The quantitative estimate of drug-likeness (QED) is 0.853. The van der Waals surface area contributed by atoms with Gasteiger partial charge in [0.05, 0.1) is 0 Å². The van der Waals surface area contributed by atoms with Gasteiger partial charge in [-0.2, -0.15) is 0 Å². The third-order valence-electron chi connectivity index (χ3n) is 3.05. The Morgan fingerprint density at radius 2 is 2.18 bits per heavy atom. The van der Waals surface area contributed by atoms with Gasteiger partial charge in [0.1, 0.15) is 10.7 Å². The summed E-state index contributed by atoms with van der Waals surface area (Å²) in [4.78, 5) is 18.5. The second kappa shape index (κ2) is 3.87. The SMILES string of the molecule is CN(C)c1nc(N)c(C(=O)NC2CC2(C)C)s1. The van der Waals surface area contributed by atoms with Gasteiger partial charge in [-0.1, -0.05) is 25.2 Å². The Morgan fingerprint density at radius 3 is 2.59 bits per heavy atom. The summed E-state index contributed by atoms with van der Waals surface area (Å²) in [7, 11) is 3.76. The average molecular weight is 254 g/mol. The van der Waals surface area contributed by atoms with Gasteiger partial charge in [-0.15, -0.1) is 0 Å². The molecule has 1 fully saturated rings. The predicted molar refractivity (Wildman–Crippen MR) is 70.5 cm³/mol. The van der Waals surface area contributed by atoms with E-state index in [4.69, 9.17) is 5.73 Å². The van der Waals surface area contributed by atoms with Crippen LogP contribution in [0.3, 0.4) is 0 Å². The van der Waals surface area contributed by atoms with Gasteiger partial charge < -0.3 is 16.0 Å². The molecule has 1 amide bonds. The van der Waals surface area contributed by atoms with Crippen LogP contribution in [0.1, 0.15) is 29.9 Å². The molecule has 17 heavy (non-hydrogen) atoms. The zero-order chi connectivity index (χ0) is 12.8. The molecular formula is C11H18N4OS. The molecule has 1 aromatic rings. The standard InChI is InChI=1S/C11H18N4OS/c1-11(2)5-6(11)13-9(16)7-8(12)14-10(17-7)15(3)4/h6H,5,12H2,1-4H3,(H,13,16). The van der Waals surface area contributed by atoms with Crippen LogP contribution in [0.5, 0.6) is 0 Å². The third kappa shape index (κ3) is 2.36. The highest BCUT2D eigenvalue weighted by atomic mass is 32.1. The molecule has 0 saturated heterocycles. The summed E-state index contributed by atoms with van der Waals surface area (Å²) in [5, 5.41) is 3.74. The molecule has 0 spiro atoms. The van der Waals surface area contributed by atoms with Crippen LogP contribution in [-0.2, 0) is 0 Å². The molecule has 1 aromatic heterocycles. The fourth-order valence-electron chi connectivity index (χ4n) is 1.61. The zero-order valence-electron chi connectivity index (χ0n) is 10.6. The van der Waals surface area contributed by atoms with Crippen LogP contribution >= 0.6 is 11.3 Å². The van der Waals surface area contributed by atoms with E-state index in [1.54, 1.807) is 0 Å². The summed E-state index contributed by atoms with van der Waals surface area (Å²) in [6, 6.07) is 0.263. The van der Waals surface area contributed by atoms with Crippen molar-refractivity contribution in [3.8, 4) is 0 Å². The Hall–Kier alpha value is -1.30. The maximum absolute atomic E-state index is 12.0. The van der Waals surface area contributed by atoms with Crippen molar-refractivity contribution in [2.24, 2.45) is 5.41 Å². The molecule has 0 radical (unpaired) electrons. The number of carbonyl (C=O) groups excluding carboxylic acids is 1. The first-order chi connectivity index (χ1) is 7.81. The van der Waals surface area contributed by atoms with Gasteiger partial charge in [0, 0.05) is 20.1 Å². The normalized spacial score (nSPS) is 21.1. The zero-order valence-corrected chi connectivity index (χ0v) is 11.4. The molecule has 0 aliphatic heterocycles. The Balaban J connectivity index is 2.09. The number of hydrogen-bond donors (Lipinski definition) is 2. The van der Waals surface area contributed by atoms with E-state index >= 15 is 0 Å². The number of hydrogen-bond acceptors (Lipinski definition) is 5. The molecule has 1 unspecified atom stereocenters. The highest BCUT2D eigenvalue weighted by molar-refractivity contribution is 7.18. The lowest BCUT2D eigenvalue weighted by molar-refractivity contribution is 0.0951. The number of nitrogens with one attached hydrogen (secondary N) is 1. The summed E-state index contributed by atoms with van der Waals surface area (Å²) >= 11 is 1.32. The largest absolute Gasteiger partial charge is 0.382 e. The topological polar surface area (TPSA) is 71.2 Å². The number of aromatic nitrogens is 1. The van der Waals surface area contributed by atoms with Crippen molar-refractivity contribution in [1.29, 1.82) is 0 Å². The summed E-state index contributed by atoms with van der Waals surface area (Å²) in [6.45, 7) is 4.28. The highest BCUT2D eigenvalue weighted by Gasteiger charge is 2.46. The molecule has 1 aliphatic rings. The molecule has 94 valence electrons. The van der Waals surface area contributed by atoms with Crippen molar-refractivity contribution in [3.05, 3.63) is 4.88 Å². The Kier molecular flexibility index (Phi) is 2.77. The van der Waals surface area contributed by atoms with Gasteiger partial charge in [0.25, 0.3) is 5.91 Å². The smallest absolute Gasteiger partial charge is 0.265 e. The van der Waals surface area contributed by atoms with Gasteiger partial charge in [0.2, 0.25) is 0 Å². The Labute approximate surface area is 105 Å².